The number of hydrogen-bond donors (Lipinski definition) is 2. The van der Waals surface area contributed by atoms with Gasteiger partial charge in [0.15, 0.2) is 0 Å². The average molecular weight is 275 g/mol. The van der Waals surface area contributed by atoms with Crippen molar-refractivity contribution in [2.75, 3.05) is 17.7 Å². The molecule has 1 aromatic carbocycles. The summed E-state index contributed by atoms with van der Waals surface area (Å²) in [6, 6.07) is 5.58. The third kappa shape index (κ3) is 3.66. The van der Waals surface area contributed by atoms with E-state index in [2.05, 4.69) is 17.2 Å². The maximum absolute atomic E-state index is 5.89. The zero-order chi connectivity index (χ0) is 14.5. The first kappa shape index (κ1) is 14.2. The molecule has 0 spiro atoms. The van der Waals surface area contributed by atoms with Crippen molar-refractivity contribution in [2.24, 2.45) is 0 Å². The molecule has 0 saturated heterocycles. The fraction of sp³-hybridized carbons (Fsp3) is 0.400. The van der Waals surface area contributed by atoms with Gasteiger partial charge in [0.1, 0.15) is 17.6 Å². The third-order valence-electron chi connectivity index (χ3n) is 2.79. The van der Waals surface area contributed by atoms with Crippen molar-refractivity contribution in [2.45, 2.75) is 33.2 Å². The fourth-order valence-electron chi connectivity index (χ4n) is 1.89. The van der Waals surface area contributed by atoms with Crippen LogP contribution in [0.15, 0.2) is 28.8 Å². The molecule has 1 atom stereocenters. The Balaban J connectivity index is 2.10. The smallest absolute Gasteiger partial charge is 0.216 e. The van der Waals surface area contributed by atoms with E-state index in [1.165, 1.54) is 0 Å². The van der Waals surface area contributed by atoms with E-state index < -0.39 is 0 Å². The number of nitrogens with two attached hydrogens (primary N) is 1. The Labute approximate surface area is 119 Å². The Kier molecular flexibility index (Phi) is 4.50. The number of hydrogen-bond acceptors (Lipinski definition) is 5. The number of nitrogens with one attached hydrogen (secondary N) is 1. The predicted octanol–water partition coefficient (Wildman–Crippen LogP) is 3.53. The fourth-order valence-corrected chi connectivity index (χ4v) is 1.89. The summed E-state index contributed by atoms with van der Waals surface area (Å²) in [6.07, 6.45) is 2.67. The average Bonchev–Trinajstić information content (AvgIpc) is 2.82. The third-order valence-corrected chi connectivity index (χ3v) is 2.79. The van der Waals surface area contributed by atoms with Gasteiger partial charge in [0.2, 0.25) is 5.89 Å². The van der Waals surface area contributed by atoms with Gasteiger partial charge < -0.3 is 20.2 Å². The molecule has 108 valence electrons. The highest BCUT2D eigenvalue weighted by atomic mass is 16.5. The molecule has 1 unspecified atom stereocenters. The second kappa shape index (κ2) is 6.32. The van der Waals surface area contributed by atoms with Crippen LogP contribution in [0.5, 0.6) is 5.75 Å². The van der Waals surface area contributed by atoms with Crippen LogP contribution >= 0.6 is 0 Å². The van der Waals surface area contributed by atoms with Crippen molar-refractivity contribution in [1.29, 1.82) is 0 Å². The highest BCUT2D eigenvalue weighted by Gasteiger charge is 2.12. The molecule has 0 radical (unpaired) electrons. The lowest BCUT2D eigenvalue weighted by molar-refractivity contribution is 0.317. The Morgan fingerprint density at radius 3 is 2.85 bits per heavy atom. The van der Waals surface area contributed by atoms with Gasteiger partial charge in [-0.2, -0.15) is 0 Å². The number of nitrogen functional groups attached to an aromatic ring is 1. The molecule has 2 rings (SSSR count). The van der Waals surface area contributed by atoms with Gasteiger partial charge in [-0.05, 0) is 26.3 Å². The maximum atomic E-state index is 5.89. The molecule has 1 heterocycles. The van der Waals surface area contributed by atoms with Crippen molar-refractivity contribution in [3.63, 3.8) is 0 Å². The summed E-state index contributed by atoms with van der Waals surface area (Å²) in [6.45, 7) is 6.61. The van der Waals surface area contributed by atoms with Gasteiger partial charge in [-0.15, -0.1) is 0 Å². The summed E-state index contributed by atoms with van der Waals surface area (Å²) in [7, 11) is 0. The molecule has 0 fully saturated rings. The largest absolute Gasteiger partial charge is 0.493 e. The molecule has 1 aromatic heterocycles. The molecule has 2 aromatic rings. The van der Waals surface area contributed by atoms with E-state index >= 15 is 0 Å². The zero-order valence-electron chi connectivity index (χ0n) is 12.1. The first-order valence-electron chi connectivity index (χ1n) is 6.80. The van der Waals surface area contributed by atoms with Gasteiger partial charge in [0, 0.05) is 23.5 Å². The Morgan fingerprint density at radius 2 is 2.20 bits per heavy atom. The van der Waals surface area contributed by atoms with Crippen LogP contribution < -0.4 is 15.8 Å². The summed E-state index contributed by atoms with van der Waals surface area (Å²) in [5, 5.41) is 3.31. The summed E-state index contributed by atoms with van der Waals surface area (Å²) >= 11 is 0. The van der Waals surface area contributed by atoms with Gasteiger partial charge in [-0.25, -0.2) is 4.98 Å². The van der Waals surface area contributed by atoms with Gasteiger partial charge in [-0.1, -0.05) is 6.92 Å². The second-order valence-electron chi connectivity index (χ2n) is 4.81. The summed E-state index contributed by atoms with van der Waals surface area (Å²) in [4.78, 5) is 4.21. The topological polar surface area (TPSA) is 73.3 Å². The molecule has 0 saturated carbocycles. The molecule has 20 heavy (non-hydrogen) atoms. The highest BCUT2D eigenvalue weighted by molar-refractivity contribution is 5.59. The van der Waals surface area contributed by atoms with E-state index in [9.17, 15) is 0 Å². The monoisotopic (exact) mass is 275 g/mol. The minimum Gasteiger partial charge on any atom is -0.493 e. The first-order valence-corrected chi connectivity index (χ1v) is 6.80. The van der Waals surface area contributed by atoms with Crippen LogP contribution in [0.1, 0.15) is 38.0 Å². The van der Waals surface area contributed by atoms with Crippen LogP contribution in [0.4, 0.5) is 11.4 Å². The Morgan fingerprint density at radius 1 is 1.40 bits per heavy atom. The normalized spacial score (nSPS) is 12.2. The van der Waals surface area contributed by atoms with Gasteiger partial charge in [0.05, 0.1) is 12.8 Å². The van der Waals surface area contributed by atoms with E-state index in [0.29, 0.717) is 18.2 Å². The summed E-state index contributed by atoms with van der Waals surface area (Å²) in [5.41, 5.74) is 7.44. The Bertz CT molecular complexity index is 566. The number of oxazole rings is 1. The molecule has 0 aliphatic carbocycles. The van der Waals surface area contributed by atoms with Gasteiger partial charge in [-0.3, -0.25) is 0 Å². The zero-order valence-corrected chi connectivity index (χ0v) is 12.1. The van der Waals surface area contributed by atoms with Crippen molar-refractivity contribution in [3.05, 3.63) is 36.0 Å². The standard InChI is InChI=1S/C15H21N3O2/c1-4-5-19-14-7-12(16)6-13(8-14)18-11(3)15-17-9-10(2)20-15/h6-9,11,18H,4-5,16H2,1-3H3. The van der Waals surface area contributed by atoms with Gasteiger partial charge >= 0.3 is 0 Å². The van der Waals surface area contributed by atoms with Gasteiger partial charge in [0.25, 0.3) is 0 Å². The van der Waals surface area contributed by atoms with E-state index in [-0.39, 0.29) is 6.04 Å². The lowest BCUT2D eigenvalue weighted by Crippen LogP contribution is -2.07. The number of ether oxygens (including phenoxy) is 1. The predicted molar refractivity (Wildman–Crippen MR) is 79.9 cm³/mol. The summed E-state index contributed by atoms with van der Waals surface area (Å²) < 4.78 is 11.1. The molecular formula is C15H21N3O2. The molecular weight excluding hydrogens is 254 g/mol. The van der Waals surface area contributed by atoms with Crippen LogP contribution in [0.2, 0.25) is 0 Å². The number of benzene rings is 1. The SMILES string of the molecule is CCCOc1cc(N)cc(NC(C)c2ncc(C)o2)c1. The van der Waals surface area contributed by atoms with Crippen LogP contribution in [-0.4, -0.2) is 11.6 Å². The van der Waals surface area contributed by atoms with Crippen molar-refractivity contribution in [3.8, 4) is 5.75 Å². The molecule has 0 amide bonds. The number of aromatic nitrogens is 1. The molecule has 0 aliphatic heterocycles. The number of aryl methyl sites for hydroxylation is 1. The number of nitrogens with zero attached hydrogens (tertiary/aromatic N) is 1. The molecule has 5 heteroatoms. The summed E-state index contributed by atoms with van der Waals surface area (Å²) in [5.74, 6) is 2.22. The van der Waals surface area contributed by atoms with Crippen molar-refractivity contribution >= 4 is 11.4 Å². The van der Waals surface area contributed by atoms with E-state index in [4.69, 9.17) is 14.9 Å². The minimum absolute atomic E-state index is 0.0375. The lowest BCUT2D eigenvalue weighted by atomic mass is 10.2. The number of rotatable bonds is 6. The van der Waals surface area contributed by atoms with Crippen molar-refractivity contribution in [1.82, 2.24) is 4.98 Å². The van der Waals surface area contributed by atoms with Crippen LogP contribution in [0, 0.1) is 6.92 Å². The number of anilines is 2. The minimum atomic E-state index is -0.0375. The van der Waals surface area contributed by atoms with Crippen LogP contribution in [0.3, 0.4) is 0 Å². The molecule has 0 aliphatic rings. The quantitative estimate of drug-likeness (QED) is 0.789. The highest BCUT2D eigenvalue weighted by Crippen LogP contribution is 2.26. The van der Waals surface area contributed by atoms with E-state index in [0.717, 1.165) is 23.6 Å². The van der Waals surface area contributed by atoms with Crippen molar-refractivity contribution < 1.29 is 9.15 Å². The first-order chi connectivity index (χ1) is 9.58. The Hall–Kier alpha value is -2.17. The van der Waals surface area contributed by atoms with Crippen LogP contribution in [0.25, 0.3) is 0 Å². The lowest BCUT2D eigenvalue weighted by Gasteiger charge is -2.14. The maximum Gasteiger partial charge on any atom is 0.216 e. The van der Waals surface area contributed by atoms with E-state index in [1.807, 2.05) is 32.0 Å². The molecule has 0 bridgehead atoms. The van der Waals surface area contributed by atoms with Crippen LogP contribution in [-0.2, 0) is 0 Å². The molecule has 5 nitrogen and oxygen atoms in total. The second-order valence-corrected chi connectivity index (χ2v) is 4.81. The van der Waals surface area contributed by atoms with E-state index in [1.54, 1.807) is 6.20 Å². The molecule has 3 N–H and O–H groups in total.